The third kappa shape index (κ3) is 3.13. The normalized spacial score (nSPS) is 26.0. The number of nitrogens with one attached hydrogen (secondary N) is 1. The minimum Gasteiger partial charge on any atom is -0.459 e. The van der Waals surface area contributed by atoms with Crippen molar-refractivity contribution in [2.45, 2.75) is 38.0 Å². The second-order valence-corrected chi connectivity index (χ2v) is 8.99. The second kappa shape index (κ2) is 6.68. The summed E-state index contributed by atoms with van der Waals surface area (Å²) in [7, 11) is -3.50. The first kappa shape index (κ1) is 17.5. The third-order valence-corrected chi connectivity index (χ3v) is 6.67. The first-order chi connectivity index (χ1) is 12.5. The molecule has 3 atom stereocenters. The van der Waals surface area contributed by atoms with Crippen LogP contribution in [0.25, 0.3) is 10.9 Å². The average Bonchev–Trinajstić information content (AvgIpc) is 3.02. The molecule has 2 saturated heterocycles. The van der Waals surface area contributed by atoms with Crippen LogP contribution in [0.5, 0.6) is 0 Å². The van der Waals surface area contributed by atoms with E-state index in [0.717, 1.165) is 0 Å². The molecule has 0 amide bonds. The van der Waals surface area contributed by atoms with E-state index < -0.39 is 16.0 Å². The molecule has 2 aliphatic heterocycles. The van der Waals surface area contributed by atoms with Crippen molar-refractivity contribution in [3.63, 3.8) is 0 Å². The lowest BCUT2D eigenvalue weighted by molar-refractivity contribution is -0.0339. The summed E-state index contributed by atoms with van der Waals surface area (Å²) in [5, 5.41) is 4.05. The number of piperidine rings is 1. The highest BCUT2D eigenvalue weighted by atomic mass is 32.2. The number of hydrogen-bond donors (Lipinski definition) is 1. The molecule has 4 rings (SSSR count). The van der Waals surface area contributed by atoms with Crippen molar-refractivity contribution in [1.29, 1.82) is 0 Å². The zero-order valence-corrected chi connectivity index (χ0v) is 15.4. The van der Waals surface area contributed by atoms with Gasteiger partial charge in [-0.15, -0.1) is 0 Å². The lowest BCUT2D eigenvalue weighted by Gasteiger charge is -2.39. The highest BCUT2D eigenvalue weighted by Gasteiger charge is 2.34. The molecule has 2 fully saturated rings. The van der Waals surface area contributed by atoms with Crippen molar-refractivity contribution >= 4 is 26.9 Å². The summed E-state index contributed by atoms with van der Waals surface area (Å²) in [6, 6.07) is 7.38. The number of hydrogen-bond acceptors (Lipinski definition) is 6. The summed E-state index contributed by atoms with van der Waals surface area (Å²) in [5.41, 5.74) is 0.787. The fourth-order valence-electron chi connectivity index (χ4n) is 3.78. The molecule has 8 heteroatoms. The van der Waals surface area contributed by atoms with Crippen molar-refractivity contribution in [3.8, 4) is 0 Å². The molecule has 0 aliphatic carbocycles. The summed E-state index contributed by atoms with van der Waals surface area (Å²) >= 11 is 0. The van der Waals surface area contributed by atoms with E-state index in [1.807, 2.05) is 0 Å². The van der Waals surface area contributed by atoms with E-state index in [1.165, 1.54) is 10.2 Å². The number of carbonyl (C=O) groups excluding carboxylic acids is 1. The number of para-hydroxylation sites is 1. The Morgan fingerprint density at radius 3 is 2.65 bits per heavy atom. The number of morpholine rings is 1. The predicted octanol–water partition coefficient (Wildman–Crippen LogP) is 1.52. The van der Waals surface area contributed by atoms with Gasteiger partial charge < -0.3 is 14.8 Å². The Labute approximate surface area is 152 Å². The first-order valence-corrected chi connectivity index (χ1v) is 10.5. The molecule has 0 spiro atoms. The van der Waals surface area contributed by atoms with Crippen LogP contribution in [0.4, 0.5) is 0 Å². The second-order valence-electron chi connectivity index (χ2n) is 6.85. The van der Waals surface area contributed by atoms with Gasteiger partial charge in [0.25, 0.3) is 0 Å². The topological polar surface area (TPSA) is 86.6 Å². The van der Waals surface area contributed by atoms with Crippen LogP contribution in [0.3, 0.4) is 0 Å². The fourth-order valence-corrected chi connectivity index (χ4v) is 4.78. The van der Waals surface area contributed by atoms with E-state index in [1.54, 1.807) is 31.2 Å². The first-order valence-electron chi connectivity index (χ1n) is 8.86. The number of esters is 1. The number of ether oxygens (including phenoxy) is 2. The number of carbonyl (C=O) groups is 1. The Hall–Kier alpha value is -1.90. The summed E-state index contributed by atoms with van der Waals surface area (Å²) in [5.74, 6) is -0.519. The zero-order valence-electron chi connectivity index (χ0n) is 14.6. The van der Waals surface area contributed by atoms with Crippen LogP contribution in [-0.4, -0.2) is 55.5 Å². The smallest absolute Gasteiger partial charge is 0.340 e. The van der Waals surface area contributed by atoms with Crippen molar-refractivity contribution < 1.29 is 22.7 Å². The molecule has 1 aromatic heterocycles. The summed E-state index contributed by atoms with van der Waals surface area (Å²) in [6.07, 6.45) is 2.60. The molecule has 0 saturated carbocycles. The number of benzene rings is 1. The zero-order chi connectivity index (χ0) is 18.3. The molecule has 2 bridgehead atoms. The predicted molar refractivity (Wildman–Crippen MR) is 96.8 cm³/mol. The molecule has 2 aliphatic rings. The van der Waals surface area contributed by atoms with Crippen LogP contribution < -0.4 is 5.32 Å². The molecule has 140 valence electrons. The molecule has 2 aromatic rings. The van der Waals surface area contributed by atoms with E-state index in [4.69, 9.17) is 9.47 Å². The van der Waals surface area contributed by atoms with Crippen LogP contribution in [-0.2, 0) is 19.5 Å². The number of fused-ring (bicyclic) bond motifs is 3. The van der Waals surface area contributed by atoms with Crippen molar-refractivity contribution in [3.05, 3.63) is 36.0 Å². The van der Waals surface area contributed by atoms with Gasteiger partial charge in [0, 0.05) is 36.5 Å². The molecule has 26 heavy (non-hydrogen) atoms. The van der Waals surface area contributed by atoms with Crippen molar-refractivity contribution in [2.24, 2.45) is 0 Å². The van der Waals surface area contributed by atoms with E-state index >= 15 is 0 Å². The standard InChI is InChI=1S/C18H22N2O5S/c1-2-26(22,23)20-9-16(15-5-3-4-6-17(15)20)18(21)25-14-7-12-10-24-11-13(8-14)19-12/h3-6,9,12-14,19H,2,7-8,10-11H2,1H3/t12-,13+,14?. The van der Waals surface area contributed by atoms with Crippen molar-refractivity contribution in [1.82, 2.24) is 9.29 Å². The van der Waals surface area contributed by atoms with Crippen LogP contribution in [0.15, 0.2) is 30.5 Å². The maximum Gasteiger partial charge on any atom is 0.340 e. The van der Waals surface area contributed by atoms with Gasteiger partial charge in [0.2, 0.25) is 10.0 Å². The molecule has 7 nitrogen and oxygen atoms in total. The van der Waals surface area contributed by atoms with E-state index in [9.17, 15) is 13.2 Å². The lowest BCUT2D eigenvalue weighted by atomic mass is 9.94. The van der Waals surface area contributed by atoms with E-state index in [2.05, 4.69) is 5.32 Å². The Kier molecular flexibility index (Phi) is 4.50. The summed E-state index contributed by atoms with van der Waals surface area (Å²) < 4.78 is 37.2. The fraction of sp³-hybridized carbons (Fsp3) is 0.500. The van der Waals surface area contributed by atoms with Gasteiger partial charge in [-0.1, -0.05) is 18.2 Å². The van der Waals surface area contributed by atoms with Gasteiger partial charge in [0.15, 0.2) is 0 Å². The Bertz CT molecular complexity index is 924. The maximum absolute atomic E-state index is 12.8. The van der Waals surface area contributed by atoms with Gasteiger partial charge in [-0.2, -0.15) is 0 Å². The highest BCUT2D eigenvalue weighted by molar-refractivity contribution is 7.90. The van der Waals surface area contributed by atoms with Crippen LogP contribution in [0.1, 0.15) is 30.1 Å². The van der Waals surface area contributed by atoms with Gasteiger partial charge in [-0.25, -0.2) is 17.2 Å². The third-order valence-electron chi connectivity index (χ3n) is 5.04. The Balaban J connectivity index is 1.63. The summed E-state index contributed by atoms with van der Waals surface area (Å²) in [6.45, 7) is 2.83. The molecule has 1 aromatic carbocycles. The Morgan fingerprint density at radius 1 is 1.27 bits per heavy atom. The van der Waals surface area contributed by atoms with Crippen molar-refractivity contribution in [2.75, 3.05) is 19.0 Å². The SMILES string of the molecule is CCS(=O)(=O)n1cc(C(=O)OC2C[C@H]3COC[C@@H](C2)N3)c2ccccc21. The molecule has 0 radical (unpaired) electrons. The number of rotatable bonds is 4. The Morgan fingerprint density at radius 2 is 1.96 bits per heavy atom. The van der Waals surface area contributed by atoms with Gasteiger partial charge in [0.1, 0.15) is 6.10 Å². The number of nitrogens with zero attached hydrogens (tertiary/aromatic N) is 1. The van der Waals surface area contributed by atoms with Crippen LogP contribution >= 0.6 is 0 Å². The highest BCUT2D eigenvalue weighted by Crippen LogP contribution is 2.27. The van der Waals surface area contributed by atoms with E-state index in [-0.39, 0.29) is 29.5 Å². The minimum absolute atomic E-state index is 0.0438. The summed E-state index contributed by atoms with van der Waals surface area (Å²) in [4.78, 5) is 12.8. The molecule has 1 N–H and O–H groups in total. The van der Waals surface area contributed by atoms with Crippen LogP contribution in [0.2, 0.25) is 0 Å². The average molecular weight is 378 g/mol. The minimum atomic E-state index is -3.50. The lowest BCUT2D eigenvalue weighted by Crippen LogP contribution is -2.56. The van der Waals surface area contributed by atoms with Gasteiger partial charge >= 0.3 is 5.97 Å². The monoisotopic (exact) mass is 378 g/mol. The molecular weight excluding hydrogens is 356 g/mol. The molecule has 1 unspecified atom stereocenters. The van der Waals surface area contributed by atoms with Crippen LogP contribution in [0, 0.1) is 0 Å². The largest absolute Gasteiger partial charge is 0.459 e. The maximum atomic E-state index is 12.8. The molecular formula is C18H22N2O5S. The van der Waals surface area contributed by atoms with E-state index in [0.29, 0.717) is 37.0 Å². The van der Waals surface area contributed by atoms with Gasteiger partial charge in [0.05, 0.1) is 30.0 Å². The van der Waals surface area contributed by atoms with Gasteiger partial charge in [-0.05, 0) is 13.0 Å². The number of aromatic nitrogens is 1. The van der Waals surface area contributed by atoms with Gasteiger partial charge in [-0.3, -0.25) is 0 Å². The molecule has 3 heterocycles. The quantitative estimate of drug-likeness (QED) is 0.812.